The summed E-state index contributed by atoms with van der Waals surface area (Å²) in [6.07, 6.45) is 0.949. The number of hydrogen-bond donors (Lipinski definition) is 3. The normalized spacial score (nSPS) is 15.5. The summed E-state index contributed by atoms with van der Waals surface area (Å²) in [5.41, 5.74) is 5.09. The number of nitrogens with one attached hydrogen (secondary N) is 2. The number of carboxylic acids is 1. The average molecular weight is 292 g/mol. The van der Waals surface area contributed by atoms with Crippen molar-refractivity contribution in [2.24, 2.45) is 0 Å². The van der Waals surface area contributed by atoms with Crippen LogP contribution < -0.4 is 10.7 Å². The van der Waals surface area contributed by atoms with Gasteiger partial charge in [0.15, 0.2) is 0 Å². The highest BCUT2D eigenvalue weighted by Gasteiger charge is 2.15. The largest absolute Gasteiger partial charge is 0.481 e. The molecular weight excluding hydrogens is 272 g/mol. The van der Waals surface area contributed by atoms with Gasteiger partial charge < -0.3 is 20.7 Å². The van der Waals surface area contributed by atoms with Crippen LogP contribution in [-0.2, 0) is 9.59 Å². The van der Waals surface area contributed by atoms with Gasteiger partial charge in [0.05, 0.1) is 17.8 Å². The Morgan fingerprint density at radius 3 is 2.48 bits per heavy atom. The molecule has 2 rings (SSSR count). The van der Waals surface area contributed by atoms with Crippen molar-refractivity contribution < 1.29 is 14.7 Å². The molecule has 7 heteroatoms. The van der Waals surface area contributed by atoms with Crippen LogP contribution in [-0.4, -0.2) is 60.1 Å². The minimum atomic E-state index is -0.821. The predicted octanol–water partition coefficient (Wildman–Crippen LogP) is 0.674. The van der Waals surface area contributed by atoms with Gasteiger partial charge in [0.25, 0.3) is 0 Å². The summed E-state index contributed by atoms with van der Waals surface area (Å²) in [7, 11) is 0. The van der Waals surface area contributed by atoms with Crippen LogP contribution in [0.15, 0.2) is 24.3 Å². The quantitative estimate of drug-likeness (QED) is 0.641. The number of hydrazine groups is 1. The molecule has 1 amide bonds. The van der Waals surface area contributed by atoms with Crippen molar-refractivity contribution in [1.29, 1.82) is 0 Å². The molecule has 1 aliphatic heterocycles. The van der Waals surface area contributed by atoms with Gasteiger partial charge in [-0.1, -0.05) is 12.1 Å². The molecular formula is C14H20N4O3. The van der Waals surface area contributed by atoms with E-state index in [1.165, 1.54) is 0 Å². The van der Waals surface area contributed by atoms with E-state index in [2.05, 4.69) is 15.8 Å². The van der Waals surface area contributed by atoms with Gasteiger partial charge in [-0.2, -0.15) is 0 Å². The van der Waals surface area contributed by atoms with Crippen LogP contribution in [0.5, 0.6) is 0 Å². The molecule has 0 unspecified atom stereocenters. The summed E-state index contributed by atoms with van der Waals surface area (Å²) in [4.78, 5) is 23.0. The molecule has 1 aromatic rings. The van der Waals surface area contributed by atoms with Crippen molar-refractivity contribution in [1.82, 2.24) is 9.91 Å². The first-order chi connectivity index (χ1) is 10.2. The van der Waals surface area contributed by atoms with Crippen LogP contribution >= 0.6 is 0 Å². The third-order valence-electron chi connectivity index (χ3n) is 3.32. The maximum absolute atomic E-state index is 10.7. The third-order valence-corrected chi connectivity index (χ3v) is 3.32. The lowest BCUT2D eigenvalue weighted by molar-refractivity contribution is -0.136. The number of carboxylic acid groups (broad SMARTS) is 1. The summed E-state index contributed by atoms with van der Waals surface area (Å²) >= 11 is 0. The van der Waals surface area contributed by atoms with E-state index in [-0.39, 0.29) is 6.42 Å². The number of para-hydroxylation sites is 2. The van der Waals surface area contributed by atoms with Crippen molar-refractivity contribution in [3.8, 4) is 0 Å². The van der Waals surface area contributed by atoms with Crippen LogP contribution in [0.4, 0.5) is 11.4 Å². The Kier molecular flexibility index (Phi) is 5.39. The Balaban J connectivity index is 1.90. The topological polar surface area (TPSA) is 84.9 Å². The molecule has 7 nitrogen and oxygen atoms in total. The first kappa shape index (κ1) is 15.1. The van der Waals surface area contributed by atoms with Gasteiger partial charge in [-0.15, -0.1) is 0 Å². The number of rotatable bonds is 7. The number of carbonyl (C=O) groups excluding carboxylic acids is 1. The van der Waals surface area contributed by atoms with E-state index in [9.17, 15) is 9.59 Å². The second kappa shape index (κ2) is 7.49. The van der Waals surface area contributed by atoms with Gasteiger partial charge in [0.2, 0.25) is 6.41 Å². The van der Waals surface area contributed by atoms with Crippen molar-refractivity contribution in [2.45, 2.75) is 6.42 Å². The predicted molar refractivity (Wildman–Crippen MR) is 80.0 cm³/mol. The molecule has 114 valence electrons. The third kappa shape index (κ3) is 4.64. The van der Waals surface area contributed by atoms with E-state index in [1.807, 2.05) is 24.3 Å². The van der Waals surface area contributed by atoms with E-state index < -0.39 is 5.97 Å². The Morgan fingerprint density at radius 2 is 1.86 bits per heavy atom. The zero-order valence-electron chi connectivity index (χ0n) is 11.8. The fourth-order valence-corrected chi connectivity index (χ4v) is 2.15. The molecule has 1 fully saturated rings. The van der Waals surface area contributed by atoms with Crippen LogP contribution in [0.2, 0.25) is 0 Å². The van der Waals surface area contributed by atoms with Gasteiger partial charge >= 0.3 is 5.97 Å². The number of piperazine rings is 1. The number of amides is 1. The molecule has 1 heterocycles. The number of nitrogens with zero attached hydrogens (tertiary/aromatic N) is 2. The van der Waals surface area contributed by atoms with Crippen molar-refractivity contribution in [3.63, 3.8) is 0 Å². The second-order valence-corrected chi connectivity index (χ2v) is 4.86. The average Bonchev–Trinajstić information content (AvgIpc) is 2.49. The Hall–Kier alpha value is -2.28. The molecule has 1 aromatic carbocycles. The zero-order chi connectivity index (χ0) is 15.1. The summed E-state index contributed by atoms with van der Waals surface area (Å²) in [5.74, 6) is -0.821. The van der Waals surface area contributed by atoms with E-state index in [4.69, 9.17) is 5.11 Å². The highest BCUT2D eigenvalue weighted by Crippen LogP contribution is 2.21. The van der Waals surface area contributed by atoms with E-state index >= 15 is 0 Å². The van der Waals surface area contributed by atoms with E-state index in [0.29, 0.717) is 19.6 Å². The first-order valence-corrected chi connectivity index (χ1v) is 6.94. The Morgan fingerprint density at radius 1 is 1.19 bits per heavy atom. The molecule has 0 atom stereocenters. The van der Waals surface area contributed by atoms with Gasteiger partial charge in [-0.05, 0) is 12.1 Å². The van der Waals surface area contributed by atoms with Crippen LogP contribution in [0, 0.1) is 0 Å². The standard InChI is InChI=1S/C14H20N4O3/c19-11-17-7-9-18(10-8-17)16-13-4-2-1-3-12(13)15-6-5-14(20)21/h1-4,11,15-16H,5-10H2,(H,20,21). The minimum absolute atomic E-state index is 0.0757. The first-order valence-electron chi connectivity index (χ1n) is 6.94. The molecule has 0 saturated carbocycles. The molecule has 21 heavy (non-hydrogen) atoms. The van der Waals surface area contributed by atoms with E-state index in [0.717, 1.165) is 30.9 Å². The lowest BCUT2D eigenvalue weighted by Gasteiger charge is -2.33. The lowest BCUT2D eigenvalue weighted by atomic mass is 10.2. The van der Waals surface area contributed by atoms with Gasteiger partial charge in [-0.25, -0.2) is 5.01 Å². The lowest BCUT2D eigenvalue weighted by Crippen LogP contribution is -2.48. The summed E-state index contributed by atoms with van der Waals surface area (Å²) < 4.78 is 0. The Labute approximate surface area is 123 Å². The van der Waals surface area contributed by atoms with Gasteiger partial charge in [0.1, 0.15) is 0 Å². The van der Waals surface area contributed by atoms with Crippen molar-refractivity contribution in [3.05, 3.63) is 24.3 Å². The fraction of sp³-hybridized carbons (Fsp3) is 0.429. The van der Waals surface area contributed by atoms with E-state index in [1.54, 1.807) is 4.90 Å². The zero-order valence-corrected chi connectivity index (χ0v) is 11.8. The summed E-state index contributed by atoms with van der Waals surface area (Å²) in [6.45, 7) is 3.29. The van der Waals surface area contributed by atoms with Crippen molar-refractivity contribution in [2.75, 3.05) is 43.5 Å². The maximum atomic E-state index is 10.7. The summed E-state index contributed by atoms with van der Waals surface area (Å²) in [6, 6.07) is 7.67. The molecule has 1 aliphatic rings. The molecule has 0 aliphatic carbocycles. The molecule has 3 N–H and O–H groups in total. The number of hydrogen-bond acceptors (Lipinski definition) is 5. The van der Waals surface area contributed by atoms with Gasteiger partial charge in [0, 0.05) is 32.7 Å². The van der Waals surface area contributed by atoms with Crippen LogP contribution in [0.25, 0.3) is 0 Å². The fourth-order valence-electron chi connectivity index (χ4n) is 2.15. The van der Waals surface area contributed by atoms with Gasteiger partial charge in [-0.3, -0.25) is 9.59 Å². The minimum Gasteiger partial charge on any atom is -0.481 e. The van der Waals surface area contributed by atoms with Crippen molar-refractivity contribution >= 4 is 23.8 Å². The molecule has 0 bridgehead atoms. The Bertz CT molecular complexity index is 487. The summed E-state index contributed by atoms with van der Waals surface area (Å²) in [5, 5.41) is 13.8. The SMILES string of the molecule is O=CN1CCN(Nc2ccccc2NCCC(=O)O)CC1. The number of benzene rings is 1. The molecule has 0 aromatic heterocycles. The number of aliphatic carboxylic acids is 1. The maximum Gasteiger partial charge on any atom is 0.305 e. The highest BCUT2D eigenvalue weighted by molar-refractivity contribution is 5.70. The number of anilines is 2. The van der Waals surface area contributed by atoms with Crippen LogP contribution in [0.1, 0.15) is 6.42 Å². The highest BCUT2D eigenvalue weighted by atomic mass is 16.4. The molecule has 0 spiro atoms. The van der Waals surface area contributed by atoms with Crippen LogP contribution in [0.3, 0.4) is 0 Å². The molecule has 1 saturated heterocycles. The second-order valence-electron chi connectivity index (χ2n) is 4.86. The number of carbonyl (C=O) groups is 2. The smallest absolute Gasteiger partial charge is 0.305 e. The molecule has 0 radical (unpaired) electrons. The monoisotopic (exact) mass is 292 g/mol.